The van der Waals surface area contributed by atoms with E-state index in [2.05, 4.69) is 15.3 Å². The number of benzene rings is 1. The summed E-state index contributed by atoms with van der Waals surface area (Å²) in [5, 5.41) is 3.68. The molecule has 0 aliphatic carbocycles. The number of hydrogen-bond acceptors (Lipinski definition) is 5. The number of nitrogens with one attached hydrogen (secondary N) is 1. The highest BCUT2D eigenvalue weighted by Gasteiger charge is 2.11. The van der Waals surface area contributed by atoms with Crippen LogP contribution in [0, 0.1) is 0 Å². The Morgan fingerprint density at radius 1 is 1.04 bits per heavy atom. The van der Waals surface area contributed by atoms with Gasteiger partial charge >= 0.3 is 0 Å². The Kier molecular flexibility index (Phi) is 5.64. The SMILES string of the molecule is COc1ccc(C(=O)Nc2cccnc2SCc2ccccn2)cc1. The number of pyridine rings is 2. The molecule has 0 fully saturated rings. The molecule has 0 atom stereocenters. The molecule has 0 saturated carbocycles. The average molecular weight is 351 g/mol. The Labute approximate surface area is 150 Å². The van der Waals surface area contributed by atoms with E-state index >= 15 is 0 Å². The van der Waals surface area contributed by atoms with Crippen LogP contribution in [0.5, 0.6) is 5.75 Å². The highest BCUT2D eigenvalue weighted by Crippen LogP contribution is 2.27. The van der Waals surface area contributed by atoms with Gasteiger partial charge in [-0.15, -0.1) is 0 Å². The van der Waals surface area contributed by atoms with Crippen LogP contribution in [0.1, 0.15) is 16.1 Å². The van der Waals surface area contributed by atoms with Gasteiger partial charge in [-0.1, -0.05) is 17.8 Å². The molecule has 0 saturated heterocycles. The molecule has 0 bridgehead atoms. The number of methoxy groups -OCH3 is 1. The van der Waals surface area contributed by atoms with Gasteiger partial charge < -0.3 is 10.1 Å². The molecule has 0 spiro atoms. The Morgan fingerprint density at radius 3 is 2.56 bits per heavy atom. The van der Waals surface area contributed by atoms with Crippen molar-refractivity contribution in [1.82, 2.24) is 9.97 Å². The second kappa shape index (κ2) is 8.30. The minimum atomic E-state index is -0.185. The maximum atomic E-state index is 12.4. The fourth-order valence-corrected chi connectivity index (χ4v) is 3.03. The van der Waals surface area contributed by atoms with Crippen molar-refractivity contribution in [3.05, 3.63) is 78.2 Å². The second-order valence-corrected chi connectivity index (χ2v) is 6.11. The van der Waals surface area contributed by atoms with Gasteiger partial charge in [0.2, 0.25) is 0 Å². The average Bonchev–Trinajstić information content (AvgIpc) is 2.68. The fourth-order valence-electron chi connectivity index (χ4n) is 2.16. The lowest BCUT2D eigenvalue weighted by Crippen LogP contribution is -2.12. The maximum Gasteiger partial charge on any atom is 0.255 e. The number of ether oxygens (including phenoxy) is 1. The Balaban J connectivity index is 1.70. The first kappa shape index (κ1) is 17.0. The van der Waals surface area contributed by atoms with E-state index < -0.39 is 0 Å². The zero-order valence-corrected chi connectivity index (χ0v) is 14.5. The molecule has 0 radical (unpaired) electrons. The normalized spacial score (nSPS) is 10.3. The number of carbonyl (C=O) groups is 1. The fraction of sp³-hybridized carbons (Fsp3) is 0.105. The van der Waals surface area contributed by atoms with Gasteiger partial charge in [0.05, 0.1) is 18.5 Å². The smallest absolute Gasteiger partial charge is 0.255 e. The Bertz CT molecular complexity index is 839. The molecule has 0 unspecified atom stereocenters. The molecule has 2 heterocycles. The van der Waals surface area contributed by atoms with Crippen molar-refractivity contribution >= 4 is 23.4 Å². The standard InChI is InChI=1S/C19H17N3O2S/c1-24-16-9-7-14(8-10-16)18(23)22-17-6-4-12-21-19(17)25-13-15-5-2-3-11-20-15/h2-12H,13H2,1H3,(H,22,23). The molecule has 6 heteroatoms. The van der Waals surface area contributed by atoms with Crippen LogP contribution in [0.3, 0.4) is 0 Å². The van der Waals surface area contributed by atoms with Gasteiger partial charge in [0.25, 0.3) is 5.91 Å². The van der Waals surface area contributed by atoms with Crippen molar-refractivity contribution < 1.29 is 9.53 Å². The van der Waals surface area contributed by atoms with Crippen molar-refractivity contribution in [2.24, 2.45) is 0 Å². The Morgan fingerprint density at radius 2 is 1.84 bits per heavy atom. The van der Waals surface area contributed by atoms with Crippen molar-refractivity contribution in [3.63, 3.8) is 0 Å². The number of anilines is 1. The van der Waals surface area contributed by atoms with Crippen molar-refractivity contribution in [3.8, 4) is 5.75 Å². The lowest BCUT2D eigenvalue weighted by molar-refractivity contribution is 0.102. The number of nitrogens with zero attached hydrogens (tertiary/aromatic N) is 2. The van der Waals surface area contributed by atoms with E-state index in [-0.39, 0.29) is 5.91 Å². The molecule has 126 valence electrons. The first-order valence-corrected chi connectivity index (χ1v) is 8.68. The summed E-state index contributed by atoms with van der Waals surface area (Å²) in [6, 6.07) is 16.4. The van der Waals surface area contributed by atoms with Gasteiger partial charge in [-0.3, -0.25) is 9.78 Å². The first-order valence-electron chi connectivity index (χ1n) is 7.69. The van der Waals surface area contributed by atoms with Gasteiger partial charge in [0.15, 0.2) is 0 Å². The van der Waals surface area contributed by atoms with Crippen molar-refractivity contribution in [1.29, 1.82) is 0 Å². The summed E-state index contributed by atoms with van der Waals surface area (Å²) >= 11 is 1.54. The van der Waals surface area contributed by atoms with Crippen LogP contribution in [0.4, 0.5) is 5.69 Å². The van der Waals surface area contributed by atoms with E-state index in [4.69, 9.17) is 4.74 Å². The predicted octanol–water partition coefficient (Wildman–Crippen LogP) is 4.03. The predicted molar refractivity (Wildman–Crippen MR) is 99.0 cm³/mol. The molecule has 3 rings (SSSR count). The van der Waals surface area contributed by atoms with Gasteiger partial charge in [0.1, 0.15) is 10.8 Å². The number of hydrogen-bond donors (Lipinski definition) is 1. The Hall–Kier alpha value is -2.86. The van der Waals surface area contributed by atoms with Crippen LogP contribution in [0.2, 0.25) is 0 Å². The summed E-state index contributed by atoms with van der Waals surface area (Å²) in [7, 11) is 1.59. The van der Waals surface area contributed by atoms with E-state index in [1.165, 1.54) is 11.8 Å². The quantitative estimate of drug-likeness (QED) is 0.679. The molecule has 1 aromatic carbocycles. The topological polar surface area (TPSA) is 64.1 Å². The third-order valence-corrected chi connectivity index (χ3v) is 4.49. The molecule has 1 amide bonds. The van der Waals surface area contributed by atoms with E-state index in [1.54, 1.807) is 49.8 Å². The molecule has 1 N–H and O–H groups in total. The number of amides is 1. The minimum absolute atomic E-state index is 0.185. The molecular weight excluding hydrogens is 334 g/mol. The van der Waals surface area contributed by atoms with E-state index in [9.17, 15) is 4.79 Å². The zero-order chi connectivity index (χ0) is 17.5. The lowest BCUT2D eigenvalue weighted by atomic mass is 10.2. The van der Waals surface area contributed by atoms with Crippen LogP contribution in [-0.4, -0.2) is 23.0 Å². The summed E-state index contributed by atoms with van der Waals surface area (Å²) < 4.78 is 5.11. The van der Waals surface area contributed by atoms with Crippen LogP contribution in [0.25, 0.3) is 0 Å². The van der Waals surface area contributed by atoms with Gasteiger partial charge in [0, 0.05) is 23.7 Å². The maximum absolute atomic E-state index is 12.4. The largest absolute Gasteiger partial charge is 0.497 e. The highest BCUT2D eigenvalue weighted by atomic mass is 32.2. The molecule has 25 heavy (non-hydrogen) atoms. The van der Waals surface area contributed by atoms with Crippen molar-refractivity contribution in [2.75, 3.05) is 12.4 Å². The van der Waals surface area contributed by atoms with Gasteiger partial charge in [-0.05, 0) is 48.5 Å². The third kappa shape index (κ3) is 4.58. The molecule has 2 aromatic heterocycles. The van der Waals surface area contributed by atoms with Crippen LogP contribution in [0.15, 0.2) is 72.0 Å². The lowest BCUT2D eigenvalue weighted by Gasteiger charge is -2.10. The summed E-state index contributed by atoms with van der Waals surface area (Å²) in [5.74, 6) is 1.21. The molecule has 0 aliphatic rings. The molecule has 5 nitrogen and oxygen atoms in total. The van der Waals surface area contributed by atoms with Crippen LogP contribution < -0.4 is 10.1 Å². The van der Waals surface area contributed by atoms with Crippen LogP contribution in [-0.2, 0) is 5.75 Å². The van der Waals surface area contributed by atoms with Gasteiger partial charge in [-0.2, -0.15) is 0 Å². The van der Waals surface area contributed by atoms with E-state index in [1.807, 2.05) is 24.3 Å². The summed E-state index contributed by atoms with van der Waals surface area (Å²) in [5.41, 5.74) is 2.21. The number of aromatic nitrogens is 2. The first-order chi connectivity index (χ1) is 12.3. The molecule has 0 aliphatic heterocycles. The zero-order valence-electron chi connectivity index (χ0n) is 13.7. The molecular formula is C19H17N3O2S. The van der Waals surface area contributed by atoms with Gasteiger partial charge in [-0.25, -0.2) is 4.98 Å². The number of rotatable bonds is 6. The number of carbonyl (C=O) groups excluding carboxylic acids is 1. The summed E-state index contributed by atoms with van der Waals surface area (Å²) in [4.78, 5) is 21.1. The van der Waals surface area contributed by atoms with E-state index in [0.717, 1.165) is 10.7 Å². The number of thioether (sulfide) groups is 1. The van der Waals surface area contributed by atoms with Crippen molar-refractivity contribution in [2.45, 2.75) is 10.8 Å². The monoisotopic (exact) mass is 351 g/mol. The second-order valence-electron chi connectivity index (χ2n) is 5.15. The van der Waals surface area contributed by atoms with Crippen LogP contribution >= 0.6 is 11.8 Å². The molecule has 3 aromatic rings. The third-order valence-electron chi connectivity index (χ3n) is 3.45. The summed E-state index contributed by atoms with van der Waals surface area (Å²) in [6.45, 7) is 0. The minimum Gasteiger partial charge on any atom is -0.497 e. The van der Waals surface area contributed by atoms with E-state index in [0.29, 0.717) is 22.8 Å². The highest BCUT2D eigenvalue weighted by molar-refractivity contribution is 7.98. The summed E-state index contributed by atoms with van der Waals surface area (Å²) in [6.07, 6.45) is 3.48.